The molecule has 1 N–H and O–H groups in total. The Balaban J connectivity index is 2.54. The van der Waals surface area contributed by atoms with Crippen molar-refractivity contribution in [1.29, 1.82) is 5.26 Å². The highest BCUT2D eigenvalue weighted by molar-refractivity contribution is 6.36. The Bertz CT molecular complexity index is 377. The summed E-state index contributed by atoms with van der Waals surface area (Å²) in [4.78, 5) is 0. The SMILES string of the molecule is N#CCc1ccc(NCC(Cl)=CCl)cc1. The number of halogens is 2. The number of hydrogen-bond acceptors (Lipinski definition) is 2. The van der Waals surface area contributed by atoms with Gasteiger partial charge >= 0.3 is 0 Å². The lowest BCUT2D eigenvalue weighted by Crippen LogP contribution is -2.00. The Morgan fingerprint density at radius 3 is 2.60 bits per heavy atom. The van der Waals surface area contributed by atoms with Crippen molar-refractivity contribution in [2.45, 2.75) is 6.42 Å². The van der Waals surface area contributed by atoms with Gasteiger partial charge < -0.3 is 5.32 Å². The number of benzene rings is 1. The molecule has 0 heterocycles. The van der Waals surface area contributed by atoms with Crippen molar-refractivity contribution in [2.24, 2.45) is 0 Å². The maximum Gasteiger partial charge on any atom is 0.0669 e. The molecule has 1 rings (SSSR count). The van der Waals surface area contributed by atoms with Gasteiger partial charge in [-0.2, -0.15) is 5.26 Å². The molecule has 0 bridgehead atoms. The van der Waals surface area contributed by atoms with Gasteiger partial charge in [-0.1, -0.05) is 35.3 Å². The van der Waals surface area contributed by atoms with Gasteiger partial charge in [-0.25, -0.2) is 0 Å². The Morgan fingerprint density at radius 1 is 1.40 bits per heavy atom. The average molecular weight is 241 g/mol. The van der Waals surface area contributed by atoms with Crippen molar-refractivity contribution < 1.29 is 0 Å². The number of rotatable bonds is 4. The second-order valence-electron chi connectivity index (χ2n) is 2.94. The molecule has 0 aliphatic rings. The van der Waals surface area contributed by atoms with Gasteiger partial charge in [0.25, 0.3) is 0 Å². The Labute approximate surface area is 99.1 Å². The Hall–Kier alpha value is -1.17. The molecule has 0 aliphatic heterocycles. The molecule has 0 aliphatic carbocycles. The van der Waals surface area contributed by atoms with Gasteiger partial charge in [0.1, 0.15) is 0 Å². The first kappa shape index (κ1) is 11.9. The van der Waals surface area contributed by atoms with Crippen LogP contribution in [0.25, 0.3) is 0 Å². The van der Waals surface area contributed by atoms with E-state index < -0.39 is 0 Å². The standard InChI is InChI=1S/C11H10Cl2N2/c12-7-10(13)8-15-11-3-1-9(2-4-11)5-6-14/h1-4,7,15H,5,8H2. The summed E-state index contributed by atoms with van der Waals surface area (Å²) >= 11 is 11.1. The Kier molecular flexibility index (Phi) is 5.03. The van der Waals surface area contributed by atoms with E-state index in [0.29, 0.717) is 18.0 Å². The second-order valence-corrected chi connectivity index (χ2v) is 3.65. The number of hydrogen-bond donors (Lipinski definition) is 1. The van der Waals surface area contributed by atoms with Gasteiger partial charge in [0, 0.05) is 16.3 Å². The summed E-state index contributed by atoms with van der Waals surface area (Å²) in [6, 6.07) is 9.72. The van der Waals surface area contributed by atoms with Crippen molar-refractivity contribution in [3.8, 4) is 6.07 Å². The molecule has 0 aromatic heterocycles. The zero-order valence-corrected chi connectivity index (χ0v) is 9.52. The van der Waals surface area contributed by atoms with Crippen LogP contribution in [0.1, 0.15) is 5.56 Å². The number of nitriles is 1. The maximum atomic E-state index is 8.49. The third kappa shape index (κ3) is 4.24. The number of nitrogens with zero attached hydrogens (tertiary/aromatic N) is 1. The molecule has 15 heavy (non-hydrogen) atoms. The molecule has 2 nitrogen and oxygen atoms in total. The van der Waals surface area contributed by atoms with Gasteiger partial charge in [0.15, 0.2) is 0 Å². The molecule has 0 unspecified atom stereocenters. The molecule has 0 atom stereocenters. The van der Waals surface area contributed by atoms with Crippen molar-refractivity contribution >= 4 is 28.9 Å². The van der Waals surface area contributed by atoms with Crippen LogP contribution in [0.4, 0.5) is 5.69 Å². The molecule has 0 saturated carbocycles. The minimum atomic E-state index is 0.433. The third-order valence-electron chi connectivity index (χ3n) is 1.82. The molecule has 0 fully saturated rings. The van der Waals surface area contributed by atoms with Crippen LogP contribution in [0.2, 0.25) is 0 Å². The first-order valence-electron chi connectivity index (χ1n) is 4.41. The van der Waals surface area contributed by atoms with Crippen LogP contribution >= 0.6 is 23.2 Å². The van der Waals surface area contributed by atoms with Crippen LogP contribution in [0, 0.1) is 11.3 Å². The van der Waals surface area contributed by atoms with Gasteiger partial charge in [0.05, 0.1) is 19.0 Å². The number of nitrogens with one attached hydrogen (secondary N) is 1. The summed E-state index contributed by atoms with van der Waals surface area (Å²) in [5, 5.41) is 12.1. The summed E-state index contributed by atoms with van der Waals surface area (Å²) in [5.41, 5.74) is 3.29. The molecular formula is C11H10Cl2N2. The van der Waals surface area contributed by atoms with E-state index in [1.807, 2.05) is 24.3 Å². The van der Waals surface area contributed by atoms with Crippen molar-refractivity contribution in [2.75, 3.05) is 11.9 Å². The minimum absolute atomic E-state index is 0.433. The van der Waals surface area contributed by atoms with E-state index in [1.54, 1.807) is 0 Å². The predicted octanol–water partition coefficient (Wildman–Crippen LogP) is 3.48. The lowest BCUT2D eigenvalue weighted by Gasteiger charge is -2.05. The van der Waals surface area contributed by atoms with Gasteiger partial charge in [0.2, 0.25) is 0 Å². The molecule has 1 aromatic carbocycles. The molecule has 1 aromatic rings. The average Bonchev–Trinajstić information content (AvgIpc) is 2.28. The van der Waals surface area contributed by atoms with E-state index in [0.717, 1.165) is 11.3 Å². The van der Waals surface area contributed by atoms with E-state index in [1.165, 1.54) is 5.54 Å². The smallest absolute Gasteiger partial charge is 0.0669 e. The molecule has 0 amide bonds. The van der Waals surface area contributed by atoms with Gasteiger partial charge in [-0.3, -0.25) is 0 Å². The first-order valence-corrected chi connectivity index (χ1v) is 5.22. The quantitative estimate of drug-likeness (QED) is 0.875. The van der Waals surface area contributed by atoms with Crippen LogP contribution in [0.3, 0.4) is 0 Å². The minimum Gasteiger partial charge on any atom is -0.380 e. The summed E-state index contributed by atoms with van der Waals surface area (Å²) in [6.07, 6.45) is 0.433. The molecule has 0 spiro atoms. The predicted molar refractivity (Wildman–Crippen MR) is 64.0 cm³/mol. The van der Waals surface area contributed by atoms with Gasteiger partial charge in [-0.15, -0.1) is 0 Å². The van der Waals surface area contributed by atoms with Gasteiger partial charge in [-0.05, 0) is 17.7 Å². The highest BCUT2D eigenvalue weighted by Crippen LogP contribution is 2.11. The van der Waals surface area contributed by atoms with Crippen LogP contribution in [0.5, 0.6) is 0 Å². The molecule has 4 heteroatoms. The van der Waals surface area contributed by atoms with E-state index >= 15 is 0 Å². The molecule has 0 radical (unpaired) electrons. The van der Waals surface area contributed by atoms with E-state index in [2.05, 4.69) is 11.4 Å². The normalized spacial score (nSPS) is 10.9. The maximum absolute atomic E-state index is 8.49. The van der Waals surface area contributed by atoms with Crippen LogP contribution in [0.15, 0.2) is 34.8 Å². The zero-order valence-electron chi connectivity index (χ0n) is 8.00. The van der Waals surface area contributed by atoms with E-state index in [-0.39, 0.29) is 0 Å². The Morgan fingerprint density at radius 2 is 2.07 bits per heavy atom. The summed E-state index contributed by atoms with van der Waals surface area (Å²) in [5.74, 6) is 0. The molecular weight excluding hydrogens is 231 g/mol. The fraction of sp³-hybridized carbons (Fsp3) is 0.182. The second kappa shape index (κ2) is 6.34. The van der Waals surface area contributed by atoms with Crippen molar-refractivity contribution in [1.82, 2.24) is 0 Å². The largest absolute Gasteiger partial charge is 0.380 e. The monoisotopic (exact) mass is 240 g/mol. The molecule has 0 saturated heterocycles. The highest BCUT2D eigenvalue weighted by atomic mass is 35.5. The fourth-order valence-electron chi connectivity index (χ4n) is 1.06. The highest BCUT2D eigenvalue weighted by Gasteiger charge is 1.95. The summed E-state index contributed by atoms with van der Waals surface area (Å²) in [7, 11) is 0. The zero-order chi connectivity index (χ0) is 11.1. The third-order valence-corrected chi connectivity index (χ3v) is 2.43. The van der Waals surface area contributed by atoms with E-state index in [9.17, 15) is 0 Å². The lowest BCUT2D eigenvalue weighted by molar-refractivity contribution is 1.25. The van der Waals surface area contributed by atoms with Crippen LogP contribution in [-0.2, 0) is 6.42 Å². The lowest BCUT2D eigenvalue weighted by atomic mass is 10.1. The molecule has 78 valence electrons. The topological polar surface area (TPSA) is 35.8 Å². The van der Waals surface area contributed by atoms with E-state index in [4.69, 9.17) is 28.5 Å². The number of anilines is 1. The van der Waals surface area contributed by atoms with Crippen LogP contribution < -0.4 is 5.32 Å². The first-order chi connectivity index (χ1) is 7.26. The van der Waals surface area contributed by atoms with Crippen molar-refractivity contribution in [3.05, 3.63) is 40.4 Å². The van der Waals surface area contributed by atoms with Crippen molar-refractivity contribution in [3.63, 3.8) is 0 Å². The van der Waals surface area contributed by atoms with Crippen LogP contribution in [-0.4, -0.2) is 6.54 Å². The summed E-state index contributed by atoms with van der Waals surface area (Å²) < 4.78 is 0. The summed E-state index contributed by atoms with van der Waals surface area (Å²) in [6.45, 7) is 0.503. The fourth-order valence-corrected chi connectivity index (χ4v) is 1.20.